The van der Waals surface area contributed by atoms with Crippen molar-refractivity contribution in [1.82, 2.24) is 19.4 Å². The van der Waals surface area contributed by atoms with Crippen LogP contribution in [-0.4, -0.2) is 45.0 Å². The van der Waals surface area contributed by atoms with Crippen LogP contribution in [0.2, 0.25) is 0 Å². The standard InChI is InChI=1S/C28H26F4N6O/c1-15(18-4-3-5-19(23(18)30)25(31)32)34-26-20-13-38(28(14-29)7-8-28)27(39)22(24(20)35-16(2)36-26)17-6-10-37-11-9-33-21(37)12-17/h3-6,10,12-13,15,25H,7-9,11,14H2,1-2H3,(H,34,35,36)/t15-/m1/s1. The number of aliphatic imine (C=N–C) groups is 1. The number of rotatable bonds is 7. The van der Waals surface area contributed by atoms with Crippen LogP contribution < -0.4 is 10.9 Å². The molecule has 0 unspecified atom stereocenters. The van der Waals surface area contributed by atoms with Crippen molar-refractivity contribution in [2.45, 2.75) is 44.7 Å². The summed E-state index contributed by atoms with van der Waals surface area (Å²) in [6.45, 7) is 3.99. The zero-order chi connectivity index (χ0) is 27.5. The van der Waals surface area contributed by atoms with Gasteiger partial charge in [0.05, 0.1) is 40.2 Å². The van der Waals surface area contributed by atoms with Crippen molar-refractivity contribution in [2.75, 3.05) is 25.1 Å². The van der Waals surface area contributed by atoms with Crippen LogP contribution in [0.15, 0.2) is 52.5 Å². The highest BCUT2D eigenvalue weighted by Gasteiger charge is 2.46. The number of alkyl halides is 3. The van der Waals surface area contributed by atoms with Crippen molar-refractivity contribution >= 4 is 28.1 Å². The van der Waals surface area contributed by atoms with E-state index in [1.165, 1.54) is 16.7 Å². The van der Waals surface area contributed by atoms with E-state index in [0.29, 0.717) is 47.3 Å². The van der Waals surface area contributed by atoms with Gasteiger partial charge in [0.2, 0.25) is 0 Å². The Morgan fingerprint density at radius 3 is 2.67 bits per heavy atom. The quantitative estimate of drug-likeness (QED) is 0.406. The minimum Gasteiger partial charge on any atom is -0.363 e. The molecule has 3 aromatic rings. The Morgan fingerprint density at radius 1 is 1.18 bits per heavy atom. The molecule has 2 aromatic heterocycles. The first kappa shape index (κ1) is 25.3. The van der Waals surface area contributed by atoms with Crippen LogP contribution in [0.4, 0.5) is 23.4 Å². The minimum absolute atomic E-state index is 0.0467. The molecule has 0 bridgehead atoms. The fourth-order valence-corrected chi connectivity index (χ4v) is 5.23. The fraction of sp³-hybridized carbons (Fsp3) is 0.357. The van der Waals surface area contributed by atoms with E-state index >= 15 is 0 Å². The van der Waals surface area contributed by atoms with Crippen LogP contribution in [0.5, 0.6) is 0 Å². The van der Waals surface area contributed by atoms with Crippen molar-refractivity contribution in [2.24, 2.45) is 4.99 Å². The summed E-state index contributed by atoms with van der Waals surface area (Å²) in [7, 11) is 0. The maximum Gasteiger partial charge on any atom is 0.266 e. The van der Waals surface area contributed by atoms with Crippen LogP contribution in [0.25, 0.3) is 16.5 Å². The molecule has 1 atom stereocenters. The van der Waals surface area contributed by atoms with Crippen molar-refractivity contribution < 1.29 is 17.6 Å². The molecular weight excluding hydrogens is 512 g/mol. The average molecular weight is 539 g/mol. The molecule has 1 aromatic carbocycles. The number of fused-ring (bicyclic) bond motifs is 2. The third kappa shape index (κ3) is 4.20. The Bertz CT molecular complexity index is 1640. The van der Waals surface area contributed by atoms with Crippen LogP contribution >= 0.6 is 0 Å². The predicted molar refractivity (Wildman–Crippen MR) is 141 cm³/mol. The van der Waals surface area contributed by atoms with Crippen molar-refractivity contribution in [3.8, 4) is 0 Å². The number of anilines is 1. The van der Waals surface area contributed by atoms with Crippen LogP contribution in [0, 0.1) is 12.7 Å². The number of benzene rings is 1. The topological polar surface area (TPSA) is 75.4 Å². The van der Waals surface area contributed by atoms with Gasteiger partial charge in [-0.3, -0.25) is 9.79 Å². The minimum atomic E-state index is -2.95. The van der Waals surface area contributed by atoms with Crippen LogP contribution in [-0.2, 0) is 5.54 Å². The van der Waals surface area contributed by atoms with Crippen molar-refractivity contribution in [1.29, 1.82) is 0 Å². The van der Waals surface area contributed by atoms with Gasteiger partial charge in [0.15, 0.2) is 0 Å². The normalized spacial score (nSPS) is 18.3. The summed E-state index contributed by atoms with van der Waals surface area (Å²) in [6.07, 6.45) is 5.13. The summed E-state index contributed by atoms with van der Waals surface area (Å²) in [5.74, 6) is 0.379. The smallest absolute Gasteiger partial charge is 0.266 e. The molecule has 1 saturated carbocycles. The lowest BCUT2D eigenvalue weighted by atomic mass is 10.0. The summed E-state index contributed by atoms with van der Waals surface area (Å²) >= 11 is 0. The Hall–Kier alpha value is -4.02. The number of nitrogens with one attached hydrogen (secondary N) is 1. The lowest BCUT2D eigenvalue weighted by Gasteiger charge is -2.23. The molecule has 202 valence electrons. The molecular formula is C28H26F4N6O. The van der Waals surface area contributed by atoms with E-state index in [-0.39, 0.29) is 16.9 Å². The molecule has 0 spiro atoms. The first-order chi connectivity index (χ1) is 18.7. The number of aromatic nitrogens is 3. The molecule has 0 radical (unpaired) electrons. The van der Waals surface area contributed by atoms with Gasteiger partial charge in [0, 0.05) is 24.5 Å². The molecule has 3 aliphatic rings. The van der Waals surface area contributed by atoms with Crippen molar-refractivity contribution in [3.05, 3.63) is 81.4 Å². The van der Waals surface area contributed by atoms with E-state index in [0.717, 1.165) is 18.4 Å². The number of hydrogen-bond donors (Lipinski definition) is 1. The second kappa shape index (κ2) is 9.32. The maximum absolute atomic E-state index is 14.9. The second-order valence-electron chi connectivity index (χ2n) is 10.2. The Morgan fingerprint density at radius 2 is 1.95 bits per heavy atom. The van der Waals surface area contributed by atoms with Gasteiger partial charge in [-0.05, 0) is 44.4 Å². The summed E-state index contributed by atoms with van der Waals surface area (Å²) < 4.78 is 57.3. The summed E-state index contributed by atoms with van der Waals surface area (Å²) in [6, 6.07) is 3.12. The molecule has 0 saturated heterocycles. The van der Waals surface area contributed by atoms with Gasteiger partial charge in [-0.1, -0.05) is 18.2 Å². The van der Waals surface area contributed by atoms with Gasteiger partial charge in [0.1, 0.15) is 30.0 Å². The summed E-state index contributed by atoms with van der Waals surface area (Å²) in [4.78, 5) is 29.5. The monoisotopic (exact) mass is 538 g/mol. The van der Waals surface area contributed by atoms with Gasteiger partial charge in [-0.25, -0.2) is 27.5 Å². The maximum atomic E-state index is 14.9. The Balaban J connectivity index is 1.54. The zero-order valence-corrected chi connectivity index (χ0v) is 21.4. The van der Waals surface area contributed by atoms with E-state index in [1.807, 2.05) is 23.3 Å². The van der Waals surface area contributed by atoms with Gasteiger partial charge < -0.3 is 14.8 Å². The lowest BCUT2D eigenvalue weighted by Crippen LogP contribution is -2.34. The highest BCUT2D eigenvalue weighted by atomic mass is 19.3. The second-order valence-corrected chi connectivity index (χ2v) is 10.2. The first-order valence-corrected chi connectivity index (χ1v) is 12.8. The molecule has 1 N–H and O–H groups in total. The highest BCUT2D eigenvalue weighted by molar-refractivity contribution is 6.07. The number of hydrogen-bond acceptors (Lipinski definition) is 6. The zero-order valence-electron chi connectivity index (χ0n) is 21.4. The molecule has 1 fully saturated rings. The SMILES string of the molecule is Cc1nc(N[C@H](C)c2cccc(C(F)F)c2F)c2cn(C3(CF)CC3)c(=O)c(C3=CC4=NCCN4C=C3)c2n1. The number of pyridine rings is 1. The molecule has 6 rings (SSSR count). The van der Waals surface area contributed by atoms with E-state index in [4.69, 9.17) is 0 Å². The molecule has 39 heavy (non-hydrogen) atoms. The largest absolute Gasteiger partial charge is 0.363 e. The summed E-state index contributed by atoms with van der Waals surface area (Å²) in [5.41, 5.74) is -0.693. The molecule has 1 aliphatic carbocycles. The van der Waals surface area contributed by atoms with Crippen molar-refractivity contribution in [3.63, 3.8) is 0 Å². The summed E-state index contributed by atoms with van der Waals surface area (Å²) in [5, 5.41) is 3.58. The third-order valence-electron chi connectivity index (χ3n) is 7.60. The van der Waals surface area contributed by atoms with E-state index in [9.17, 15) is 22.4 Å². The Kier molecular flexibility index (Phi) is 6.04. The number of allylic oxidation sites excluding steroid dienone is 2. The number of aryl methyl sites for hydroxylation is 1. The molecule has 7 nitrogen and oxygen atoms in total. The van der Waals surface area contributed by atoms with Crippen LogP contribution in [0.3, 0.4) is 0 Å². The van der Waals surface area contributed by atoms with E-state index in [2.05, 4.69) is 20.3 Å². The van der Waals surface area contributed by atoms with E-state index in [1.54, 1.807) is 20.0 Å². The van der Waals surface area contributed by atoms with Gasteiger partial charge >= 0.3 is 0 Å². The van der Waals surface area contributed by atoms with Gasteiger partial charge in [-0.15, -0.1) is 0 Å². The average Bonchev–Trinajstić information content (AvgIpc) is 3.56. The fourth-order valence-electron chi connectivity index (χ4n) is 5.23. The highest BCUT2D eigenvalue weighted by Crippen LogP contribution is 2.44. The Labute approximate surface area is 221 Å². The lowest BCUT2D eigenvalue weighted by molar-refractivity contribution is 0.146. The predicted octanol–water partition coefficient (Wildman–Crippen LogP) is 5.43. The number of halogens is 4. The van der Waals surface area contributed by atoms with E-state index < -0.39 is 36.1 Å². The molecule has 0 amide bonds. The molecule has 11 heteroatoms. The molecule has 4 heterocycles. The van der Waals surface area contributed by atoms with Crippen LogP contribution in [0.1, 0.15) is 54.7 Å². The van der Waals surface area contributed by atoms with Gasteiger partial charge in [0.25, 0.3) is 12.0 Å². The molecule has 2 aliphatic heterocycles. The first-order valence-electron chi connectivity index (χ1n) is 12.8. The van der Waals surface area contributed by atoms with Gasteiger partial charge in [-0.2, -0.15) is 0 Å². The number of nitrogens with zero attached hydrogens (tertiary/aromatic N) is 5. The third-order valence-corrected chi connectivity index (χ3v) is 7.60. The number of amidine groups is 1.